The standard InChI is InChI=1S/C14H24N2O3/c1-11-3-7-16(8-4-11)13(19)15-10-14(5-2-6-14)9-12(17)18/h11H,2-10H2,1H3,(H,15,19)(H,17,18). The Kier molecular flexibility index (Phi) is 4.32. The highest BCUT2D eigenvalue weighted by Gasteiger charge is 2.39. The Labute approximate surface area is 114 Å². The Balaban J connectivity index is 1.77. The van der Waals surface area contributed by atoms with Gasteiger partial charge in [-0.25, -0.2) is 4.79 Å². The molecule has 19 heavy (non-hydrogen) atoms. The van der Waals surface area contributed by atoms with E-state index in [9.17, 15) is 9.59 Å². The third-order valence-electron chi connectivity index (χ3n) is 4.63. The van der Waals surface area contributed by atoms with Gasteiger partial charge in [0.25, 0.3) is 0 Å². The van der Waals surface area contributed by atoms with E-state index in [0.717, 1.165) is 45.2 Å². The summed E-state index contributed by atoms with van der Waals surface area (Å²) in [6.45, 7) is 4.35. The van der Waals surface area contributed by atoms with Gasteiger partial charge in [0.2, 0.25) is 0 Å². The van der Waals surface area contributed by atoms with Gasteiger partial charge in [0.05, 0.1) is 6.42 Å². The highest BCUT2D eigenvalue weighted by atomic mass is 16.4. The summed E-state index contributed by atoms with van der Waals surface area (Å²) >= 11 is 0. The molecule has 5 heteroatoms. The van der Waals surface area contributed by atoms with E-state index in [1.807, 2.05) is 4.90 Å². The summed E-state index contributed by atoms with van der Waals surface area (Å²) in [5, 5.41) is 11.9. The molecule has 0 radical (unpaired) electrons. The SMILES string of the molecule is CC1CCN(C(=O)NCC2(CC(=O)O)CCC2)CC1. The van der Waals surface area contributed by atoms with E-state index in [0.29, 0.717) is 12.5 Å². The van der Waals surface area contributed by atoms with Crippen molar-refractivity contribution in [3.05, 3.63) is 0 Å². The van der Waals surface area contributed by atoms with Crippen molar-refractivity contribution in [2.75, 3.05) is 19.6 Å². The molecule has 1 aliphatic heterocycles. The van der Waals surface area contributed by atoms with Crippen LogP contribution in [0.2, 0.25) is 0 Å². The number of hydrogen-bond donors (Lipinski definition) is 2. The molecule has 5 nitrogen and oxygen atoms in total. The van der Waals surface area contributed by atoms with Gasteiger partial charge in [0.1, 0.15) is 0 Å². The molecule has 0 atom stereocenters. The lowest BCUT2D eigenvalue weighted by molar-refractivity contribution is -0.141. The molecule has 0 aromatic carbocycles. The summed E-state index contributed by atoms with van der Waals surface area (Å²) in [4.78, 5) is 24.8. The first-order valence-electron chi connectivity index (χ1n) is 7.25. The van der Waals surface area contributed by atoms with E-state index in [1.165, 1.54) is 0 Å². The van der Waals surface area contributed by atoms with Gasteiger partial charge in [-0.15, -0.1) is 0 Å². The molecule has 2 fully saturated rings. The average molecular weight is 268 g/mol. The van der Waals surface area contributed by atoms with Gasteiger partial charge in [-0.1, -0.05) is 13.3 Å². The molecule has 0 spiro atoms. The third kappa shape index (κ3) is 3.61. The summed E-state index contributed by atoms with van der Waals surface area (Å²) in [6.07, 6.45) is 5.20. The monoisotopic (exact) mass is 268 g/mol. The van der Waals surface area contributed by atoms with Crippen LogP contribution >= 0.6 is 0 Å². The van der Waals surface area contributed by atoms with Crippen LogP contribution in [0.1, 0.15) is 45.4 Å². The maximum Gasteiger partial charge on any atom is 0.317 e. The number of piperidine rings is 1. The topological polar surface area (TPSA) is 69.6 Å². The molecule has 0 aromatic rings. The van der Waals surface area contributed by atoms with Crippen LogP contribution < -0.4 is 5.32 Å². The molecule has 108 valence electrons. The summed E-state index contributed by atoms with van der Waals surface area (Å²) in [5.41, 5.74) is -0.190. The van der Waals surface area contributed by atoms with Crippen molar-refractivity contribution in [2.24, 2.45) is 11.3 Å². The zero-order valence-corrected chi connectivity index (χ0v) is 11.7. The van der Waals surface area contributed by atoms with E-state index < -0.39 is 5.97 Å². The highest BCUT2D eigenvalue weighted by Crippen LogP contribution is 2.43. The van der Waals surface area contributed by atoms with Gasteiger partial charge >= 0.3 is 12.0 Å². The number of carboxylic acid groups (broad SMARTS) is 1. The van der Waals surface area contributed by atoms with Crippen LogP contribution in [-0.2, 0) is 4.79 Å². The molecule has 0 bridgehead atoms. The van der Waals surface area contributed by atoms with E-state index in [-0.39, 0.29) is 17.9 Å². The number of nitrogens with one attached hydrogen (secondary N) is 1. The molecule has 1 aliphatic carbocycles. The molecular formula is C14H24N2O3. The molecule has 2 amide bonds. The number of amides is 2. The van der Waals surface area contributed by atoms with Crippen molar-refractivity contribution < 1.29 is 14.7 Å². The van der Waals surface area contributed by atoms with Crippen LogP contribution in [0.3, 0.4) is 0 Å². The molecule has 1 saturated carbocycles. The number of hydrogen-bond acceptors (Lipinski definition) is 2. The maximum atomic E-state index is 12.0. The molecule has 0 aromatic heterocycles. The maximum absolute atomic E-state index is 12.0. The van der Waals surface area contributed by atoms with E-state index in [4.69, 9.17) is 5.11 Å². The average Bonchev–Trinajstić information content (AvgIpc) is 2.32. The van der Waals surface area contributed by atoms with Crippen molar-refractivity contribution in [1.29, 1.82) is 0 Å². The highest BCUT2D eigenvalue weighted by molar-refractivity contribution is 5.74. The first-order valence-corrected chi connectivity index (χ1v) is 7.25. The van der Waals surface area contributed by atoms with Crippen molar-refractivity contribution >= 4 is 12.0 Å². The van der Waals surface area contributed by atoms with Gasteiger partial charge in [0.15, 0.2) is 0 Å². The van der Waals surface area contributed by atoms with Crippen LogP contribution in [0.4, 0.5) is 4.79 Å². The molecule has 2 rings (SSSR count). The third-order valence-corrected chi connectivity index (χ3v) is 4.63. The summed E-state index contributed by atoms with van der Waals surface area (Å²) in [7, 11) is 0. The van der Waals surface area contributed by atoms with Gasteiger partial charge in [0, 0.05) is 19.6 Å². The van der Waals surface area contributed by atoms with Crippen molar-refractivity contribution in [1.82, 2.24) is 10.2 Å². The normalized spacial score (nSPS) is 22.7. The van der Waals surface area contributed by atoms with Gasteiger partial charge in [-0.05, 0) is 37.0 Å². The quantitative estimate of drug-likeness (QED) is 0.820. The van der Waals surface area contributed by atoms with Crippen LogP contribution in [0, 0.1) is 11.3 Å². The molecular weight excluding hydrogens is 244 g/mol. The van der Waals surface area contributed by atoms with Gasteiger partial charge in [-0.3, -0.25) is 4.79 Å². The fourth-order valence-electron chi connectivity index (χ4n) is 3.00. The lowest BCUT2D eigenvalue weighted by atomic mass is 9.66. The van der Waals surface area contributed by atoms with Crippen LogP contribution in [0.5, 0.6) is 0 Å². The second kappa shape index (κ2) is 5.80. The minimum atomic E-state index is -0.763. The van der Waals surface area contributed by atoms with E-state index >= 15 is 0 Å². The molecule has 2 aliphatic rings. The number of nitrogens with zero attached hydrogens (tertiary/aromatic N) is 1. The predicted octanol–water partition coefficient (Wildman–Crippen LogP) is 2.07. The van der Waals surface area contributed by atoms with Crippen molar-refractivity contribution in [3.8, 4) is 0 Å². The van der Waals surface area contributed by atoms with Crippen LogP contribution in [-0.4, -0.2) is 41.6 Å². The number of carboxylic acids is 1. The number of likely N-dealkylation sites (tertiary alicyclic amines) is 1. The molecule has 1 saturated heterocycles. The molecule has 2 N–H and O–H groups in total. The predicted molar refractivity (Wildman–Crippen MR) is 71.9 cm³/mol. The lowest BCUT2D eigenvalue weighted by Crippen LogP contribution is -2.49. The van der Waals surface area contributed by atoms with Gasteiger partial charge < -0.3 is 15.3 Å². The number of urea groups is 1. The zero-order valence-electron chi connectivity index (χ0n) is 11.7. The Morgan fingerprint density at radius 2 is 1.95 bits per heavy atom. The summed E-state index contributed by atoms with van der Waals surface area (Å²) in [6, 6.07) is -0.0245. The minimum absolute atomic E-state index is 0.0245. The number of carbonyl (C=O) groups excluding carboxylic acids is 1. The Hall–Kier alpha value is -1.26. The Morgan fingerprint density at radius 3 is 2.42 bits per heavy atom. The second-order valence-electron chi connectivity index (χ2n) is 6.25. The number of carbonyl (C=O) groups is 2. The van der Waals surface area contributed by atoms with Crippen molar-refractivity contribution in [2.45, 2.75) is 45.4 Å². The first-order chi connectivity index (χ1) is 9.01. The lowest BCUT2D eigenvalue weighted by Gasteiger charge is -2.41. The fourth-order valence-corrected chi connectivity index (χ4v) is 3.00. The molecule has 1 heterocycles. The zero-order chi connectivity index (χ0) is 13.9. The van der Waals surface area contributed by atoms with Crippen LogP contribution in [0.15, 0.2) is 0 Å². The number of rotatable bonds is 4. The second-order valence-corrected chi connectivity index (χ2v) is 6.25. The van der Waals surface area contributed by atoms with Crippen LogP contribution in [0.25, 0.3) is 0 Å². The largest absolute Gasteiger partial charge is 0.481 e. The first kappa shape index (κ1) is 14.2. The summed E-state index contributed by atoms with van der Waals surface area (Å²) in [5.74, 6) is -0.0604. The van der Waals surface area contributed by atoms with Gasteiger partial charge in [-0.2, -0.15) is 0 Å². The minimum Gasteiger partial charge on any atom is -0.481 e. The molecule has 0 unspecified atom stereocenters. The smallest absolute Gasteiger partial charge is 0.317 e. The fraction of sp³-hybridized carbons (Fsp3) is 0.857. The summed E-state index contributed by atoms with van der Waals surface area (Å²) < 4.78 is 0. The Bertz CT molecular complexity index is 345. The number of aliphatic carboxylic acids is 1. The van der Waals surface area contributed by atoms with Crippen molar-refractivity contribution in [3.63, 3.8) is 0 Å². The van der Waals surface area contributed by atoms with E-state index in [1.54, 1.807) is 0 Å². The Morgan fingerprint density at radius 1 is 1.32 bits per heavy atom. The van der Waals surface area contributed by atoms with E-state index in [2.05, 4.69) is 12.2 Å².